The third-order valence-corrected chi connectivity index (χ3v) is 6.76. The molecule has 154 valence electrons. The van der Waals surface area contributed by atoms with Gasteiger partial charge in [-0.1, -0.05) is 13.8 Å². The van der Waals surface area contributed by atoms with Crippen LogP contribution in [0.5, 0.6) is 5.75 Å². The first-order valence-corrected chi connectivity index (χ1v) is 11.5. The summed E-state index contributed by atoms with van der Waals surface area (Å²) >= 11 is 0. The van der Waals surface area contributed by atoms with E-state index in [1.165, 1.54) is 0 Å². The van der Waals surface area contributed by atoms with Crippen molar-refractivity contribution in [1.82, 2.24) is 10.0 Å². The quantitative estimate of drug-likeness (QED) is 0.725. The Labute approximate surface area is 165 Å². The van der Waals surface area contributed by atoms with Crippen LogP contribution in [-0.2, 0) is 10.0 Å². The van der Waals surface area contributed by atoms with Crippen LogP contribution in [0, 0.1) is 0 Å². The van der Waals surface area contributed by atoms with Crippen LogP contribution < -0.4 is 14.8 Å². The van der Waals surface area contributed by atoms with Gasteiger partial charge in [0, 0.05) is 17.1 Å². The highest BCUT2D eigenvalue weighted by molar-refractivity contribution is 7.89. The molecule has 2 rings (SSSR count). The molecule has 1 fully saturated rings. The monoisotopic (exact) mass is 396 g/mol. The zero-order valence-corrected chi connectivity index (χ0v) is 18.7. The maximum Gasteiger partial charge on any atom is 0.240 e. The van der Waals surface area contributed by atoms with Crippen LogP contribution in [0.25, 0.3) is 0 Å². The Morgan fingerprint density at radius 3 is 2.30 bits per heavy atom. The van der Waals surface area contributed by atoms with Crippen LogP contribution >= 0.6 is 0 Å². The van der Waals surface area contributed by atoms with Crippen LogP contribution in [0.3, 0.4) is 0 Å². The Kier molecular flexibility index (Phi) is 6.65. The van der Waals surface area contributed by atoms with Crippen molar-refractivity contribution in [3.8, 4) is 5.75 Å². The number of sulfonamides is 1. The van der Waals surface area contributed by atoms with Crippen molar-refractivity contribution < 1.29 is 13.2 Å². The highest BCUT2D eigenvalue weighted by atomic mass is 32.2. The average molecular weight is 397 g/mol. The molecule has 1 atom stereocenters. The lowest BCUT2D eigenvalue weighted by atomic mass is 9.80. The van der Waals surface area contributed by atoms with E-state index < -0.39 is 10.0 Å². The minimum atomic E-state index is -3.59. The number of piperidine rings is 1. The topological polar surface area (TPSA) is 67.4 Å². The average Bonchev–Trinajstić information content (AvgIpc) is 2.51. The Bertz CT molecular complexity index is 741. The van der Waals surface area contributed by atoms with Crippen LogP contribution in [0.4, 0.5) is 0 Å². The second-order valence-electron chi connectivity index (χ2n) is 9.06. The summed E-state index contributed by atoms with van der Waals surface area (Å²) in [6.45, 7) is 15.2. The SMILES string of the molecule is CCOc1ccc(S(=O)(=O)NC2CC(C)(C)NC(C)(C)C2)cc1[C@@H](C)CC. The van der Waals surface area contributed by atoms with Gasteiger partial charge in [0.1, 0.15) is 5.75 Å². The highest BCUT2D eigenvalue weighted by Crippen LogP contribution is 2.33. The number of hydrogen-bond acceptors (Lipinski definition) is 4. The summed E-state index contributed by atoms with van der Waals surface area (Å²) in [5.41, 5.74) is 0.721. The minimum absolute atomic E-state index is 0.0973. The first-order valence-electron chi connectivity index (χ1n) is 9.97. The van der Waals surface area contributed by atoms with E-state index in [1.807, 2.05) is 6.92 Å². The summed E-state index contributed by atoms with van der Waals surface area (Å²) in [5, 5.41) is 3.59. The van der Waals surface area contributed by atoms with Gasteiger partial charge in [-0.25, -0.2) is 13.1 Å². The molecule has 2 N–H and O–H groups in total. The first-order chi connectivity index (χ1) is 12.4. The largest absolute Gasteiger partial charge is 0.494 e. The van der Waals surface area contributed by atoms with Gasteiger partial charge in [-0.05, 0) is 83.6 Å². The Morgan fingerprint density at radius 1 is 1.19 bits per heavy atom. The molecular formula is C21H36N2O3S. The highest BCUT2D eigenvalue weighted by Gasteiger charge is 2.39. The molecule has 0 spiro atoms. The molecule has 0 aromatic heterocycles. The molecule has 1 aliphatic rings. The van der Waals surface area contributed by atoms with Gasteiger partial charge in [-0.2, -0.15) is 0 Å². The molecule has 1 heterocycles. The van der Waals surface area contributed by atoms with E-state index in [4.69, 9.17) is 4.74 Å². The van der Waals surface area contributed by atoms with Crippen molar-refractivity contribution in [2.45, 2.75) is 95.7 Å². The molecule has 1 aliphatic heterocycles. The van der Waals surface area contributed by atoms with Crippen molar-refractivity contribution >= 4 is 10.0 Å². The van der Waals surface area contributed by atoms with Crippen molar-refractivity contribution in [1.29, 1.82) is 0 Å². The molecule has 0 saturated carbocycles. The number of rotatable bonds is 7. The molecule has 1 aromatic rings. The fourth-order valence-corrected chi connectivity index (χ4v) is 5.55. The number of nitrogens with one attached hydrogen (secondary N) is 2. The molecule has 27 heavy (non-hydrogen) atoms. The predicted octanol–water partition coefficient (Wildman–Crippen LogP) is 4.19. The Hall–Kier alpha value is -1.11. The Morgan fingerprint density at radius 2 is 1.78 bits per heavy atom. The molecule has 1 saturated heterocycles. The van der Waals surface area contributed by atoms with Crippen molar-refractivity contribution in [2.24, 2.45) is 0 Å². The molecule has 1 aromatic carbocycles. The van der Waals surface area contributed by atoms with Gasteiger partial charge in [-0.3, -0.25) is 0 Å². The van der Waals surface area contributed by atoms with Gasteiger partial charge >= 0.3 is 0 Å². The summed E-state index contributed by atoms with van der Waals surface area (Å²) in [6, 6.07) is 5.12. The van der Waals surface area contributed by atoms with Crippen LogP contribution in [0.1, 0.15) is 79.2 Å². The summed E-state index contributed by atoms with van der Waals surface area (Å²) in [7, 11) is -3.59. The van der Waals surface area contributed by atoms with Gasteiger partial charge in [0.05, 0.1) is 11.5 Å². The lowest BCUT2D eigenvalue weighted by Crippen LogP contribution is -2.62. The Balaban J connectivity index is 2.30. The second kappa shape index (κ2) is 8.10. The summed E-state index contributed by atoms with van der Waals surface area (Å²) in [5.74, 6) is 1.01. The molecule has 0 bridgehead atoms. The van der Waals surface area contributed by atoms with Crippen molar-refractivity contribution in [3.63, 3.8) is 0 Å². The van der Waals surface area contributed by atoms with Gasteiger partial charge < -0.3 is 10.1 Å². The van der Waals surface area contributed by atoms with Gasteiger partial charge in [0.2, 0.25) is 10.0 Å². The maximum absolute atomic E-state index is 13.1. The zero-order chi connectivity index (χ0) is 20.5. The third kappa shape index (κ3) is 5.69. The van der Waals surface area contributed by atoms with Gasteiger partial charge in [-0.15, -0.1) is 0 Å². The van der Waals surface area contributed by atoms with E-state index >= 15 is 0 Å². The van der Waals surface area contributed by atoms with E-state index in [0.717, 1.165) is 30.6 Å². The molecule has 0 unspecified atom stereocenters. The summed E-state index contributed by atoms with van der Waals surface area (Å²) in [4.78, 5) is 0.315. The molecular weight excluding hydrogens is 360 g/mol. The van der Waals surface area contributed by atoms with E-state index in [2.05, 4.69) is 51.6 Å². The number of hydrogen-bond donors (Lipinski definition) is 2. The summed E-state index contributed by atoms with van der Waals surface area (Å²) in [6.07, 6.45) is 2.43. The summed E-state index contributed by atoms with van der Waals surface area (Å²) < 4.78 is 34.8. The van der Waals surface area contributed by atoms with E-state index in [1.54, 1.807) is 18.2 Å². The smallest absolute Gasteiger partial charge is 0.240 e. The van der Waals surface area contributed by atoms with Crippen LogP contribution in [-0.4, -0.2) is 32.1 Å². The molecule has 0 aliphatic carbocycles. The molecule has 0 radical (unpaired) electrons. The molecule has 6 heteroatoms. The van der Waals surface area contributed by atoms with E-state index in [9.17, 15) is 8.42 Å². The first kappa shape index (κ1) is 22.2. The molecule has 5 nitrogen and oxygen atoms in total. The van der Waals surface area contributed by atoms with Gasteiger partial charge in [0.25, 0.3) is 0 Å². The molecule has 0 amide bonds. The van der Waals surface area contributed by atoms with Crippen molar-refractivity contribution in [3.05, 3.63) is 23.8 Å². The number of ether oxygens (including phenoxy) is 1. The second-order valence-corrected chi connectivity index (χ2v) is 10.8. The van der Waals surface area contributed by atoms with Crippen molar-refractivity contribution in [2.75, 3.05) is 6.61 Å². The maximum atomic E-state index is 13.1. The minimum Gasteiger partial charge on any atom is -0.494 e. The van der Waals surface area contributed by atoms with E-state index in [0.29, 0.717) is 11.5 Å². The third-order valence-electron chi connectivity index (χ3n) is 5.25. The van der Waals surface area contributed by atoms with Crippen LogP contribution in [0.2, 0.25) is 0 Å². The van der Waals surface area contributed by atoms with E-state index in [-0.39, 0.29) is 23.0 Å². The normalized spacial score (nSPS) is 21.0. The van der Waals surface area contributed by atoms with Gasteiger partial charge in [0.15, 0.2) is 0 Å². The number of benzene rings is 1. The fraction of sp³-hybridized carbons (Fsp3) is 0.714. The fourth-order valence-electron chi connectivity index (χ4n) is 4.28. The predicted molar refractivity (Wildman–Crippen MR) is 111 cm³/mol. The lowest BCUT2D eigenvalue weighted by molar-refractivity contribution is 0.157. The van der Waals surface area contributed by atoms with Crippen LogP contribution in [0.15, 0.2) is 23.1 Å². The standard InChI is InChI=1S/C21H36N2O3S/c1-8-15(3)18-12-17(10-11-19(18)26-9-2)27(24,25)22-16-13-20(4,5)23-21(6,7)14-16/h10-12,15-16,22-23H,8-9,13-14H2,1-7H3/t15-/m0/s1. The lowest BCUT2D eigenvalue weighted by Gasteiger charge is -2.46. The zero-order valence-electron chi connectivity index (χ0n) is 17.8.